The Kier molecular flexibility index (Phi) is 3.44. The molecule has 1 saturated heterocycles. The van der Waals surface area contributed by atoms with E-state index in [4.69, 9.17) is 0 Å². The van der Waals surface area contributed by atoms with Crippen LogP contribution in [0.3, 0.4) is 0 Å². The Morgan fingerprint density at radius 2 is 2.38 bits per heavy atom. The molecule has 2 heterocycles. The third kappa shape index (κ3) is 2.35. The van der Waals surface area contributed by atoms with Crippen molar-refractivity contribution in [2.45, 2.75) is 26.3 Å². The number of hydrogen-bond acceptors (Lipinski definition) is 2. The van der Waals surface area contributed by atoms with Crippen LogP contribution in [0, 0.1) is 0 Å². The zero-order valence-corrected chi connectivity index (χ0v) is 9.65. The van der Waals surface area contributed by atoms with E-state index in [0.29, 0.717) is 0 Å². The van der Waals surface area contributed by atoms with Gasteiger partial charge in [-0.25, -0.2) is 9.78 Å². The van der Waals surface area contributed by atoms with Gasteiger partial charge in [0.15, 0.2) is 0 Å². The Morgan fingerprint density at radius 1 is 1.50 bits per heavy atom. The first-order valence-corrected chi connectivity index (χ1v) is 5.84. The van der Waals surface area contributed by atoms with Crippen LogP contribution in [0.2, 0.25) is 0 Å². The first-order chi connectivity index (χ1) is 7.81. The highest BCUT2D eigenvalue weighted by Crippen LogP contribution is 2.03. The number of carbonyl (C=O) groups is 1. The highest BCUT2D eigenvalue weighted by atomic mass is 16.2. The van der Waals surface area contributed by atoms with Crippen molar-refractivity contribution in [1.29, 1.82) is 0 Å². The van der Waals surface area contributed by atoms with E-state index < -0.39 is 0 Å². The van der Waals surface area contributed by atoms with Crippen LogP contribution >= 0.6 is 0 Å². The number of rotatable bonds is 5. The van der Waals surface area contributed by atoms with Gasteiger partial charge in [-0.15, -0.1) is 0 Å². The third-order valence-corrected chi connectivity index (χ3v) is 2.83. The summed E-state index contributed by atoms with van der Waals surface area (Å²) in [6, 6.07) is 0.0529. The molecule has 0 unspecified atom stereocenters. The van der Waals surface area contributed by atoms with Crippen LogP contribution in [-0.4, -0.2) is 40.1 Å². The standard InChI is InChI=1S/C11H18N4O/c1-2-3-10-12-4-6-14(10)8-9-15-7-5-13-11(15)16/h4,6H,2-3,5,7-9H2,1H3,(H,13,16). The zero-order valence-electron chi connectivity index (χ0n) is 9.65. The van der Waals surface area contributed by atoms with E-state index in [1.54, 1.807) is 0 Å². The van der Waals surface area contributed by atoms with E-state index >= 15 is 0 Å². The number of nitrogens with one attached hydrogen (secondary N) is 1. The Bertz CT molecular complexity index is 361. The van der Waals surface area contributed by atoms with Crippen molar-refractivity contribution >= 4 is 6.03 Å². The first-order valence-electron chi connectivity index (χ1n) is 5.84. The molecule has 16 heavy (non-hydrogen) atoms. The molecule has 0 bridgehead atoms. The van der Waals surface area contributed by atoms with E-state index in [9.17, 15) is 4.79 Å². The molecule has 0 aromatic carbocycles. The Hall–Kier alpha value is -1.52. The molecule has 0 atom stereocenters. The molecule has 2 rings (SSSR count). The number of urea groups is 1. The lowest BCUT2D eigenvalue weighted by atomic mass is 10.3. The fourth-order valence-electron chi connectivity index (χ4n) is 1.95. The van der Waals surface area contributed by atoms with Crippen molar-refractivity contribution in [3.63, 3.8) is 0 Å². The number of aromatic nitrogens is 2. The minimum Gasteiger partial charge on any atom is -0.336 e. The monoisotopic (exact) mass is 222 g/mol. The topological polar surface area (TPSA) is 50.2 Å². The summed E-state index contributed by atoms with van der Waals surface area (Å²) in [6.07, 6.45) is 5.91. The molecule has 0 saturated carbocycles. The number of imidazole rings is 1. The van der Waals surface area contributed by atoms with Gasteiger partial charge in [-0.1, -0.05) is 6.92 Å². The second-order valence-electron chi connectivity index (χ2n) is 4.01. The second kappa shape index (κ2) is 5.01. The van der Waals surface area contributed by atoms with Gasteiger partial charge in [0.2, 0.25) is 0 Å². The minimum absolute atomic E-state index is 0.0529. The quantitative estimate of drug-likeness (QED) is 0.803. The van der Waals surface area contributed by atoms with Crippen LogP contribution in [0.25, 0.3) is 0 Å². The molecule has 5 nitrogen and oxygen atoms in total. The lowest BCUT2D eigenvalue weighted by Gasteiger charge is -2.15. The minimum atomic E-state index is 0.0529. The molecule has 0 radical (unpaired) electrons. The largest absolute Gasteiger partial charge is 0.336 e. The predicted molar refractivity (Wildman–Crippen MR) is 61.2 cm³/mol. The molecule has 0 aliphatic carbocycles. The number of nitrogens with zero attached hydrogens (tertiary/aromatic N) is 3. The summed E-state index contributed by atoms with van der Waals surface area (Å²) in [4.78, 5) is 17.5. The van der Waals surface area contributed by atoms with Gasteiger partial charge in [0.1, 0.15) is 5.82 Å². The Balaban J connectivity index is 1.88. The Labute approximate surface area is 95.5 Å². The van der Waals surface area contributed by atoms with E-state index in [1.807, 2.05) is 17.3 Å². The highest BCUT2D eigenvalue weighted by molar-refractivity contribution is 5.76. The van der Waals surface area contributed by atoms with Crippen molar-refractivity contribution < 1.29 is 4.79 Å². The summed E-state index contributed by atoms with van der Waals surface area (Å²) in [5, 5.41) is 2.80. The van der Waals surface area contributed by atoms with Crippen LogP contribution in [-0.2, 0) is 13.0 Å². The lowest BCUT2D eigenvalue weighted by molar-refractivity contribution is 0.215. The number of carbonyl (C=O) groups excluding carboxylic acids is 1. The van der Waals surface area contributed by atoms with Crippen molar-refractivity contribution in [3.8, 4) is 0 Å². The number of amides is 2. The van der Waals surface area contributed by atoms with Crippen molar-refractivity contribution in [3.05, 3.63) is 18.2 Å². The lowest BCUT2D eigenvalue weighted by Crippen LogP contribution is -2.31. The van der Waals surface area contributed by atoms with Crippen molar-refractivity contribution in [2.24, 2.45) is 0 Å². The van der Waals surface area contributed by atoms with Gasteiger partial charge in [-0.2, -0.15) is 0 Å². The maximum absolute atomic E-state index is 11.3. The van der Waals surface area contributed by atoms with Crippen LogP contribution < -0.4 is 5.32 Å². The molecule has 5 heteroatoms. The Morgan fingerprint density at radius 3 is 3.06 bits per heavy atom. The zero-order chi connectivity index (χ0) is 11.4. The molecule has 1 N–H and O–H groups in total. The SMILES string of the molecule is CCCc1nccn1CCN1CCNC1=O. The number of hydrogen-bond donors (Lipinski definition) is 1. The summed E-state index contributed by atoms with van der Waals surface area (Å²) in [7, 11) is 0. The maximum atomic E-state index is 11.3. The predicted octanol–water partition coefficient (Wildman–Crippen LogP) is 0.861. The molecular formula is C11H18N4O. The third-order valence-electron chi connectivity index (χ3n) is 2.83. The van der Waals surface area contributed by atoms with Gasteiger partial charge in [-0.05, 0) is 6.42 Å². The van der Waals surface area contributed by atoms with E-state index in [-0.39, 0.29) is 6.03 Å². The molecule has 1 aliphatic rings. The van der Waals surface area contributed by atoms with Crippen LogP contribution in [0.4, 0.5) is 4.79 Å². The maximum Gasteiger partial charge on any atom is 0.317 e. The van der Waals surface area contributed by atoms with Crippen molar-refractivity contribution in [1.82, 2.24) is 19.8 Å². The molecule has 0 spiro atoms. The van der Waals surface area contributed by atoms with Gasteiger partial charge in [0.05, 0.1) is 0 Å². The fourth-order valence-corrected chi connectivity index (χ4v) is 1.95. The van der Waals surface area contributed by atoms with Crippen LogP contribution in [0.15, 0.2) is 12.4 Å². The van der Waals surface area contributed by atoms with Gasteiger partial charge in [-0.3, -0.25) is 0 Å². The molecular weight excluding hydrogens is 204 g/mol. The van der Waals surface area contributed by atoms with Crippen LogP contribution in [0.5, 0.6) is 0 Å². The number of aryl methyl sites for hydroxylation is 1. The normalized spacial score (nSPS) is 15.6. The second-order valence-corrected chi connectivity index (χ2v) is 4.01. The van der Waals surface area contributed by atoms with Gasteiger partial charge in [0, 0.05) is 45.0 Å². The molecule has 1 aliphatic heterocycles. The van der Waals surface area contributed by atoms with Crippen molar-refractivity contribution in [2.75, 3.05) is 19.6 Å². The summed E-state index contributed by atoms with van der Waals surface area (Å²) in [6.45, 7) is 5.33. The molecule has 1 aromatic rings. The first kappa shape index (κ1) is 11.0. The molecule has 88 valence electrons. The average Bonchev–Trinajstić information content (AvgIpc) is 2.86. The van der Waals surface area contributed by atoms with Gasteiger partial charge in [0.25, 0.3) is 0 Å². The van der Waals surface area contributed by atoms with E-state index in [0.717, 1.165) is 44.8 Å². The highest BCUT2D eigenvalue weighted by Gasteiger charge is 2.18. The summed E-state index contributed by atoms with van der Waals surface area (Å²) >= 11 is 0. The molecule has 1 aromatic heterocycles. The van der Waals surface area contributed by atoms with E-state index in [1.165, 1.54) is 0 Å². The van der Waals surface area contributed by atoms with Crippen LogP contribution in [0.1, 0.15) is 19.2 Å². The molecule has 1 fully saturated rings. The summed E-state index contributed by atoms with van der Waals surface area (Å²) in [5.74, 6) is 1.11. The smallest absolute Gasteiger partial charge is 0.317 e. The van der Waals surface area contributed by atoms with Gasteiger partial charge >= 0.3 is 6.03 Å². The molecule has 2 amide bonds. The van der Waals surface area contributed by atoms with Gasteiger partial charge < -0.3 is 14.8 Å². The van der Waals surface area contributed by atoms with E-state index in [2.05, 4.69) is 21.8 Å². The fraction of sp³-hybridized carbons (Fsp3) is 0.636. The summed E-state index contributed by atoms with van der Waals surface area (Å²) < 4.78 is 2.13. The average molecular weight is 222 g/mol. The summed E-state index contributed by atoms with van der Waals surface area (Å²) in [5.41, 5.74) is 0.